The van der Waals surface area contributed by atoms with Crippen molar-refractivity contribution in [2.45, 2.75) is 19.1 Å². The number of amides is 1. The standard InChI is InChI=1S/C21H18ClF3N4O3S/c1-10(21(23,24)25)28-20(33)29-15-4-3-11(7-14(15)22)32-17-5-6-27-16-9-18(31-2)13(19(26)30)8-12(16)17/h3-10H,1-2H3,(H2,26,30)(H2,28,29,33). The molecule has 174 valence electrons. The van der Waals surface area contributed by atoms with E-state index in [0.717, 1.165) is 6.92 Å². The zero-order chi connectivity index (χ0) is 24.3. The van der Waals surface area contributed by atoms with Crippen LogP contribution >= 0.6 is 23.8 Å². The SMILES string of the molecule is COc1cc2nccc(Oc3ccc(NC(=S)NC(C)C(F)(F)F)c(Cl)c3)c2cc1C(N)=O. The molecule has 2 aromatic carbocycles. The molecule has 4 N–H and O–H groups in total. The van der Waals surface area contributed by atoms with E-state index in [2.05, 4.69) is 15.6 Å². The van der Waals surface area contributed by atoms with Gasteiger partial charge in [-0.05, 0) is 43.4 Å². The van der Waals surface area contributed by atoms with E-state index in [-0.39, 0.29) is 27.1 Å². The number of halogens is 4. The number of ether oxygens (including phenoxy) is 2. The molecule has 0 saturated heterocycles. The Bertz CT molecular complexity index is 1220. The molecule has 1 atom stereocenters. The van der Waals surface area contributed by atoms with Gasteiger partial charge in [0.15, 0.2) is 5.11 Å². The van der Waals surface area contributed by atoms with Crippen molar-refractivity contribution in [3.63, 3.8) is 0 Å². The van der Waals surface area contributed by atoms with Crippen LogP contribution in [0.3, 0.4) is 0 Å². The number of rotatable bonds is 6. The summed E-state index contributed by atoms with van der Waals surface area (Å²) in [6, 6.07) is 7.37. The number of benzene rings is 2. The number of pyridine rings is 1. The van der Waals surface area contributed by atoms with Gasteiger partial charge < -0.3 is 25.8 Å². The second kappa shape index (κ2) is 9.67. The highest BCUT2D eigenvalue weighted by molar-refractivity contribution is 7.80. The number of carbonyl (C=O) groups excluding carboxylic acids is 1. The Hall–Kier alpha value is -3.31. The Balaban J connectivity index is 1.83. The maximum absolute atomic E-state index is 12.7. The van der Waals surface area contributed by atoms with E-state index in [1.54, 1.807) is 18.2 Å². The van der Waals surface area contributed by atoms with Gasteiger partial charge in [-0.3, -0.25) is 9.78 Å². The van der Waals surface area contributed by atoms with E-state index in [1.807, 2.05) is 0 Å². The molecule has 0 aliphatic rings. The van der Waals surface area contributed by atoms with E-state index in [1.165, 1.54) is 31.5 Å². The highest BCUT2D eigenvalue weighted by Crippen LogP contribution is 2.35. The molecule has 0 saturated carbocycles. The summed E-state index contributed by atoms with van der Waals surface area (Å²) in [5.41, 5.74) is 6.39. The molecular formula is C21H18ClF3N4O3S. The van der Waals surface area contributed by atoms with Gasteiger partial charge in [-0.25, -0.2) is 0 Å². The number of hydrogen-bond donors (Lipinski definition) is 3. The Morgan fingerprint density at radius 3 is 2.55 bits per heavy atom. The maximum atomic E-state index is 12.7. The first-order valence-corrected chi connectivity index (χ1v) is 10.2. The molecule has 12 heteroatoms. The Labute approximate surface area is 197 Å². The molecule has 1 amide bonds. The molecule has 0 aliphatic carbocycles. The minimum Gasteiger partial charge on any atom is -0.496 e. The van der Waals surface area contributed by atoms with Gasteiger partial charge in [0.1, 0.15) is 23.3 Å². The van der Waals surface area contributed by atoms with Crippen molar-refractivity contribution in [2.24, 2.45) is 5.73 Å². The largest absolute Gasteiger partial charge is 0.496 e. The summed E-state index contributed by atoms with van der Waals surface area (Å²) in [5, 5.41) is 5.21. The molecule has 1 heterocycles. The summed E-state index contributed by atoms with van der Waals surface area (Å²) in [6.45, 7) is 0.949. The van der Waals surface area contributed by atoms with E-state index >= 15 is 0 Å². The van der Waals surface area contributed by atoms with Crippen LogP contribution in [-0.2, 0) is 0 Å². The molecule has 3 rings (SSSR count). The van der Waals surface area contributed by atoms with Crippen molar-refractivity contribution < 1.29 is 27.4 Å². The van der Waals surface area contributed by atoms with Crippen LogP contribution < -0.4 is 25.8 Å². The molecule has 0 aliphatic heterocycles. The molecule has 7 nitrogen and oxygen atoms in total. The minimum atomic E-state index is -4.45. The second-order valence-electron chi connectivity index (χ2n) is 6.85. The van der Waals surface area contributed by atoms with Crippen LogP contribution in [0.25, 0.3) is 10.9 Å². The van der Waals surface area contributed by atoms with E-state index in [0.29, 0.717) is 22.4 Å². The lowest BCUT2D eigenvalue weighted by atomic mass is 10.1. The fraction of sp³-hybridized carbons (Fsp3) is 0.190. The number of fused-ring (bicyclic) bond motifs is 1. The quantitative estimate of drug-likeness (QED) is 0.410. The van der Waals surface area contributed by atoms with Crippen LogP contribution in [0.5, 0.6) is 17.2 Å². The van der Waals surface area contributed by atoms with Crippen LogP contribution in [0.4, 0.5) is 18.9 Å². The molecule has 1 aromatic heterocycles. The number of carbonyl (C=O) groups is 1. The normalized spacial score (nSPS) is 12.2. The Kier molecular flexibility index (Phi) is 7.13. The molecule has 0 spiro atoms. The van der Waals surface area contributed by atoms with Gasteiger partial charge in [0.05, 0.1) is 28.9 Å². The summed E-state index contributed by atoms with van der Waals surface area (Å²) in [5.74, 6) is 0.309. The van der Waals surface area contributed by atoms with Gasteiger partial charge in [0.25, 0.3) is 5.91 Å². The first-order chi connectivity index (χ1) is 15.5. The summed E-state index contributed by atoms with van der Waals surface area (Å²) < 4.78 is 49.1. The number of anilines is 1. The van der Waals surface area contributed by atoms with Crippen molar-refractivity contribution in [1.82, 2.24) is 10.3 Å². The molecule has 0 fully saturated rings. The van der Waals surface area contributed by atoms with Crippen molar-refractivity contribution >= 4 is 51.4 Å². The number of nitrogens with zero attached hydrogens (tertiary/aromatic N) is 1. The zero-order valence-corrected chi connectivity index (χ0v) is 18.9. The Morgan fingerprint density at radius 2 is 1.94 bits per heavy atom. The average molecular weight is 499 g/mol. The minimum absolute atomic E-state index is 0.161. The summed E-state index contributed by atoms with van der Waals surface area (Å²) in [7, 11) is 1.41. The van der Waals surface area contributed by atoms with E-state index in [4.69, 9.17) is 39.0 Å². The number of nitrogens with two attached hydrogens (primary N) is 1. The fourth-order valence-electron chi connectivity index (χ4n) is 2.82. The molecule has 3 aromatic rings. The highest BCUT2D eigenvalue weighted by Gasteiger charge is 2.36. The molecule has 0 radical (unpaired) electrons. The number of methoxy groups -OCH3 is 1. The number of nitrogens with one attached hydrogen (secondary N) is 2. The molecule has 33 heavy (non-hydrogen) atoms. The van der Waals surface area contributed by atoms with Crippen LogP contribution in [-0.4, -0.2) is 35.3 Å². The van der Waals surface area contributed by atoms with Crippen molar-refractivity contribution in [3.8, 4) is 17.2 Å². The number of aromatic nitrogens is 1. The molecular weight excluding hydrogens is 481 g/mol. The molecule has 0 bridgehead atoms. The number of primary amides is 1. The van der Waals surface area contributed by atoms with Crippen LogP contribution in [0.1, 0.15) is 17.3 Å². The van der Waals surface area contributed by atoms with Crippen molar-refractivity contribution in [3.05, 3.63) is 53.2 Å². The number of thiocarbonyl (C=S) groups is 1. The predicted molar refractivity (Wildman–Crippen MR) is 123 cm³/mol. The molecule has 1 unspecified atom stereocenters. The van der Waals surface area contributed by atoms with Crippen molar-refractivity contribution in [1.29, 1.82) is 0 Å². The highest BCUT2D eigenvalue weighted by atomic mass is 35.5. The van der Waals surface area contributed by atoms with Crippen LogP contribution in [0.15, 0.2) is 42.6 Å². The topological polar surface area (TPSA) is 98.5 Å². The van der Waals surface area contributed by atoms with Crippen molar-refractivity contribution in [2.75, 3.05) is 12.4 Å². The second-order valence-corrected chi connectivity index (χ2v) is 7.66. The first-order valence-electron chi connectivity index (χ1n) is 9.37. The Morgan fingerprint density at radius 1 is 1.21 bits per heavy atom. The zero-order valence-electron chi connectivity index (χ0n) is 17.3. The third kappa shape index (κ3) is 5.74. The first kappa shape index (κ1) is 24.3. The third-order valence-electron chi connectivity index (χ3n) is 4.54. The lowest BCUT2D eigenvalue weighted by Gasteiger charge is -2.20. The monoisotopic (exact) mass is 498 g/mol. The smallest absolute Gasteiger partial charge is 0.408 e. The van der Waals surface area contributed by atoms with Crippen LogP contribution in [0, 0.1) is 0 Å². The summed E-state index contributed by atoms with van der Waals surface area (Å²) in [6.07, 6.45) is -2.93. The lowest BCUT2D eigenvalue weighted by Crippen LogP contribution is -2.44. The number of hydrogen-bond acceptors (Lipinski definition) is 5. The summed E-state index contributed by atoms with van der Waals surface area (Å²) in [4.78, 5) is 16.0. The predicted octanol–water partition coefficient (Wildman–Crippen LogP) is 5.03. The lowest BCUT2D eigenvalue weighted by molar-refractivity contribution is -0.147. The third-order valence-corrected chi connectivity index (χ3v) is 5.08. The van der Waals surface area contributed by atoms with Gasteiger partial charge in [0, 0.05) is 23.7 Å². The van der Waals surface area contributed by atoms with Gasteiger partial charge in [-0.2, -0.15) is 13.2 Å². The summed E-state index contributed by atoms with van der Waals surface area (Å²) >= 11 is 11.2. The average Bonchev–Trinajstić information content (AvgIpc) is 2.74. The number of alkyl halides is 3. The van der Waals surface area contributed by atoms with Gasteiger partial charge in [-0.1, -0.05) is 11.6 Å². The van der Waals surface area contributed by atoms with E-state index in [9.17, 15) is 18.0 Å². The fourth-order valence-corrected chi connectivity index (χ4v) is 3.33. The maximum Gasteiger partial charge on any atom is 0.408 e. The van der Waals surface area contributed by atoms with Gasteiger partial charge >= 0.3 is 6.18 Å². The van der Waals surface area contributed by atoms with Gasteiger partial charge in [0.2, 0.25) is 0 Å². The van der Waals surface area contributed by atoms with Gasteiger partial charge in [-0.15, -0.1) is 0 Å². The van der Waals surface area contributed by atoms with Crippen LogP contribution in [0.2, 0.25) is 5.02 Å². The van der Waals surface area contributed by atoms with E-state index < -0.39 is 18.1 Å².